The molecule has 0 fully saturated rings. The molecule has 0 radical (unpaired) electrons. The molecular formula is C2H7NO. The normalized spacial score (nSPS) is 0.500. The molecule has 0 aromatic rings. The van der Waals surface area contributed by atoms with Gasteiger partial charge in [0.05, 0.1) is 0 Å². The highest BCUT2D eigenvalue weighted by molar-refractivity contribution is 4.03. The zero-order chi connectivity index (χ0) is 2.00. The van der Waals surface area contributed by atoms with Gasteiger partial charge >= 0.3 is 0 Å². The maximum absolute atomic E-state index is 6.50. The van der Waals surface area contributed by atoms with Crippen molar-refractivity contribution in [2.45, 2.75) is 7.43 Å². The molecule has 4 heavy (non-hydrogen) atoms. The molecule has 2 nitrogen and oxygen atoms in total. The molecule has 0 aliphatic rings. The van der Waals surface area contributed by atoms with E-state index < -0.39 is 0 Å². The minimum atomic E-state index is 0. The first-order valence-corrected chi connectivity index (χ1v) is 0.258. The van der Waals surface area contributed by atoms with Crippen molar-refractivity contribution in [2.24, 2.45) is 0 Å². The highest BCUT2D eigenvalue weighted by atomic mass is 16.0. The highest BCUT2D eigenvalue weighted by Crippen LogP contribution is 0.586. The van der Waals surface area contributed by atoms with E-state index in [1.165, 1.54) is 0 Å². The van der Waals surface area contributed by atoms with Crippen molar-refractivity contribution in [3.8, 4) is 6.57 Å². The summed E-state index contributed by atoms with van der Waals surface area (Å²) in [5.41, 5.74) is 0. The second-order valence-corrected chi connectivity index (χ2v) is 0. The van der Waals surface area contributed by atoms with E-state index >= 15 is 0 Å². The van der Waals surface area contributed by atoms with Gasteiger partial charge in [-0.15, -0.1) is 0 Å². The monoisotopic (exact) mass is 61.1 g/mol. The fourth-order valence-corrected chi connectivity index (χ4v) is 0. The SMILES string of the molecule is C.C#N.O. The summed E-state index contributed by atoms with van der Waals surface area (Å²) in [6, 6.07) is 0. The van der Waals surface area contributed by atoms with Crippen LogP contribution in [0.15, 0.2) is 0 Å². The van der Waals surface area contributed by atoms with Crippen LogP contribution in [0.4, 0.5) is 0 Å². The fraction of sp³-hybridized carbons (Fsp3) is 0.500. The third kappa shape index (κ3) is 0.971. The van der Waals surface area contributed by atoms with Crippen LogP contribution in [0, 0.1) is 11.8 Å². The van der Waals surface area contributed by atoms with Gasteiger partial charge in [-0.25, -0.2) is 5.26 Å². The molecule has 0 bridgehead atoms. The predicted molar refractivity (Wildman–Crippen MR) is 17.0 cm³/mol. The first-order valence-electron chi connectivity index (χ1n) is 0.258. The van der Waals surface area contributed by atoms with E-state index in [0.717, 1.165) is 0 Å². The van der Waals surface area contributed by atoms with Crippen LogP contribution in [0.1, 0.15) is 7.43 Å². The van der Waals surface area contributed by atoms with E-state index in [9.17, 15) is 0 Å². The lowest BCUT2D eigenvalue weighted by Crippen LogP contribution is -0.569. The van der Waals surface area contributed by atoms with Gasteiger partial charge in [0.1, 0.15) is 0 Å². The molecule has 0 aromatic heterocycles. The van der Waals surface area contributed by atoms with Crippen LogP contribution in [0.5, 0.6) is 0 Å². The topological polar surface area (TPSA) is 55.3 Å². The molecule has 0 aliphatic heterocycles. The summed E-state index contributed by atoms with van der Waals surface area (Å²) >= 11 is 0. The zero-order valence-electron chi connectivity index (χ0n) is 1.52. The summed E-state index contributed by atoms with van der Waals surface area (Å²) in [5.74, 6) is 0. The molecule has 0 saturated carbocycles. The van der Waals surface area contributed by atoms with Gasteiger partial charge in [-0.1, -0.05) is 7.43 Å². The van der Waals surface area contributed by atoms with Crippen LogP contribution in [0.3, 0.4) is 0 Å². The lowest BCUT2D eigenvalue weighted by Gasteiger charge is -0.668. The lowest BCUT2D eigenvalue weighted by atomic mass is 11.9. The van der Waals surface area contributed by atoms with Gasteiger partial charge in [0.2, 0.25) is 0 Å². The summed E-state index contributed by atoms with van der Waals surface area (Å²) in [4.78, 5) is 0. The Morgan fingerprint density at radius 1 is 1.25 bits per heavy atom. The number of nitrogens with zero attached hydrogens (tertiary/aromatic N) is 1. The molecule has 0 rings (SSSR count). The zero-order valence-corrected chi connectivity index (χ0v) is 1.52. The van der Waals surface area contributed by atoms with Crippen molar-refractivity contribution >= 4 is 0 Å². The smallest absolute Gasteiger partial charge is 0.0462 e. The largest absolute Gasteiger partial charge is 0.412 e. The summed E-state index contributed by atoms with van der Waals surface area (Å²) in [6.45, 7) is 3.50. The molecule has 2 N–H and O–H groups in total. The van der Waals surface area contributed by atoms with E-state index in [1.54, 1.807) is 0 Å². The third-order valence-corrected chi connectivity index (χ3v) is 0. The molecule has 0 spiro atoms. The Balaban J connectivity index is -0.00000000500. The van der Waals surface area contributed by atoms with E-state index in [2.05, 4.69) is 6.57 Å². The van der Waals surface area contributed by atoms with E-state index in [0.29, 0.717) is 0 Å². The molecule has 0 aliphatic carbocycles. The van der Waals surface area contributed by atoms with Crippen molar-refractivity contribution in [1.29, 1.82) is 5.26 Å². The van der Waals surface area contributed by atoms with Crippen LogP contribution >= 0.6 is 0 Å². The average molecular weight is 61.1 g/mol. The summed E-state index contributed by atoms with van der Waals surface area (Å²) in [6.07, 6.45) is 0. The molecule has 0 unspecified atom stereocenters. The molecular weight excluding hydrogens is 54.0 g/mol. The Morgan fingerprint density at radius 3 is 1.25 bits per heavy atom. The van der Waals surface area contributed by atoms with Crippen LogP contribution in [-0.2, 0) is 0 Å². The third-order valence-electron chi connectivity index (χ3n) is 0. The Kier molecular flexibility index (Phi) is 435. The van der Waals surface area contributed by atoms with Gasteiger partial charge in [0, 0.05) is 6.57 Å². The van der Waals surface area contributed by atoms with Crippen LogP contribution in [0.2, 0.25) is 0 Å². The molecule has 0 atom stereocenters. The summed E-state index contributed by atoms with van der Waals surface area (Å²) in [7, 11) is 0. The Labute approximate surface area is 26.0 Å². The fourth-order valence-electron chi connectivity index (χ4n) is 0. The van der Waals surface area contributed by atoms with Crippen molar-refractivity contribution in [1.82, 2.24) is 0 Å². The van der Waals surface area contributed by atoms with Gasteiger partial charge in [-0.05, 0) is 0 Å². The number of hydrogen-bond donors (Lipinski definition) is 0. The maximum Gasteiger partial charge on any atom is 0.0462 e. The van der Waals surface area contributed by atoms with Gasteiger partial charge in [-0.3, -0.25) is 0 Å². The summed E-state index contributed by atoms with van der Waals surface area (Å²) < 4.78 is 0. The van der Waals surface area contributed by atoms with Crippen molar-refractivity contribution in [2.75, 3.05) is 0 Å². The van der Waals surface area contributed by atoms with Crippen LogP contribution in [-0.4, -0.2) is 5.48 Å². The summed E-state index contributed by atoms with van der Waals surface area (Å²) in [5, 5.41) is 6.50. The van der Waals surface area contributed by atoms with Crippen molar-refractivity contribution < 1.29 is 5.48 Å². The number of nitriles is 1. The standard InChI is InChI=1S/CHN.CH4.H2O/c1-2;;/h1H;1H4;1H2. The number of hydrogen-bond acceptors (Lipinski definition) is 1. The average Bonchev–Trinajstić information content (AvgIpc) is 1.00. The Bertz CT molecular complexity index is 10.8. The molecule has 0 heterocycles. The quantitative estimate of drug-likeness (QED) is 0.387. The van der Waals surface area contributed by atoms with Gasteiger partial charge in [0.25, 0.3) is 0 Å². The minimum absolute atomic E-state index is 0. The Morgan fingerprint density at radius 2 is 1.25 bits per heavy atom. The number of rotatable bonds is 0. The molecule has 0 saturated heterocycles. The van der Waals surface area contributed by atoms with Crippen LogP contribution < -0.4 is 0 Å². The maximum atomic E-state index is 6.50. The van der Waals surface area contributed by atoms with Gasteiger partial charge in [0.15, 0.2) is 0 Å². The molecule has 0 amide bonds. The van der Waals surface area contributed by atoms with Gasteiger partial charge in [-0.2, -0.15) is 0 Å². The minimum Gasteiger partial charge on any atom is -0.412 e. The van der Waals surface area contributed by atoms with Gasteiger partial charge < -0.3 is 5.48 Å². The molecule has 26 valence electrons. The first-order chi connectivity index (χ1) is 1.00. The predicted octanol–water partition coefficient (Wildman–Crippen LogP) is -0.0488. The van der Waals surface area contributed by atoms with E-state index in [-0.39, 0.29) is 12.9 Å². The Hall–Kier alpha value is -0.550. The second-order valence-electron chi connectivity index (χ2n) is 0. The second kappa shape index (κ2) is 17.0. The van der Waals surface area contributed by atoms with Crippen molar-refractivity contribution in [3.05, 3.63) is 0 Å². The van der Waals surface area contributed by atoms with E-state index in [4.69, 9.17) is 5.26 Å². The molecule has 0 aromatic carbocycles. The van der Waals surface area contributed by atoms with Crippen molar-refractivity contribution in [3.63, 3.8) is 0 Å². The first kappa shape index (κ1) is 102. The lowest BCUT2D eigenvalue weighted by molar-refractivity contribution is 0.824. The van der Waals surface area contributed by atoms with E-state index in [1.807, 2.05) is 0 Å². The highest BCUT2D eigenvalue weighted by Gasteiger charge is 0.513. The molecule has 2 heteroatoms. The van der Waals surface area contributed by atoms with Crippen LogP contribution in [0.25, 0.3) is 0 Å².